The van der Waals surface area contributed by atoms with E-state index in [1.54, 1.807) is 12.1 Å². The maximum atomic E-state index is 11.7. The third-order valence-electron chi connectivity index (χ3n) is 4.52. The Morgan fingerprint density at radius 1 is 1.14 bits per heavy atom. The van der Waals surface area contributed by atoms with E-state index < -0.39 is 19.2 Å². The molecule has 1 aromatic carbocycles. The van der Waals surface area contributed by atoms with Crippen LogP contribution in [-0.2, 0) is 18.4 Å². The Balaban J connectivity index is 1.91. The monoisotopic (exact) mass is 479 g/mol. The fourth-order valence-corrected chi connectivity index (χ4v) is 3.66. The molecule has 1 saturated heterocycles. The van der Waals surface area contributed by atoms with E-state index >= 15 is 0 Å². The van der Waals surface area contributed by atoms with Gasteiger partial charge in [0.15, 0.2) is 21.5 Å². The van der Waals surface area contributed by atoms with Crippen LogP contribution in [0.1, 0.15) is 18.7 Å². The number of sulfone groups is 1. The fraction of sp³-hybridized carbons (Fsp3) is 0.471. The van der Waals surface area contributed by atoms with Gasteiger partial charge in [0.25, 0.3) is 0 Å². The number of alkyl halides is 3. The first kappa shape index (κ1) is 22.5. The molecule has 0 amide bonds. The molecular formula is C17H20Cl3N5O3S. The second-order valence-corrected chi connectivity index (χ2v) is 11.2. The molecule has 0 saturated carbocycles. The number of hydrogen-bond acceptors (Lipinski definition) is 8. The first-order valence-corrected chi connectivity index (χ1v) is 11.7. The average Bonchev–Trinajstić information content (AvgIpc) is 2.66. The number of nitrogens with zero attached hydrogens (tertiary/aromatic N) is 3. The molecule has 1 aromatic heterocycles. The Hall–Kier alpha value is -1.23. The summed E-state index contributed by atoms with van der Waals surface area (Å²) in [4.78, 5) is 13.0. The van der Waals surface area contributed by atoms with Crippen LogP contribution >= 0.6 is 34.8 Å². The molecule has 2 heterocycles. The van der Waals surface area contributed by atoms with Crippen LogP contribution in [0.4, 0.5) is 5.95 Å². The minimum absolute atomic E-state index is 0.0553. The number of ether oxygens (including phenoxy) is 1. The summed E-state index contributed by atoms with van der Waals surface area (Å²) in [6.45, 7) is 1.59. The summed E-state index contributed by atoms with van der Waals surface area (Å²) in [5, 5.41) is 3.10. The van der Waals surface area contributed by atoms with Gasteiger partial charge in [-0.1, -0.05) is 34.8 Å². The number of rotatable bonds is 5. The minimum atomic E-state index is -3.32. The molecule has 2 aromatic rings. The van der Waals surface area contributed by atoms with Crippen LogP contribution < -0.4 is 11.1 Å². The molecule has 3 rings (SSSR count). The maximum Gasteiger partial charge on any atom is 0.250 e. The molecule has 158 valence electrons. The molecule has 0 radical (unpaired) electrons. The summed E-state index contributed by atoms with van der Waals surface area (Å²) >= 11 is 17.9. The van der Waals surface area contributed by atoms with Crippen LogP contribution in [0, 0.1) is 0 Å². The highest BCUT2D eigenvalue weighted by atomic mass is 35.6. The van der Waals surface area contributed by atoms with Gasteiger partial charge < -0.3 is 15.8 Å². The predicted octanol–water partition coefficient (Wildman–Crippen LogP) is 2.69. The van der Waals surface area contributed by atoms with E-state index in [-0.39, 0.29) is 22.5 Å². The van der Waals surface area contributed by atoms with E-state index in [9.17, 15) is 8.42 Å². The molecule has 1 aliphatic rings. The molecule has 0 spiro atoms. The van der Waals surface area contributed by atoms with Gasteiger partial charge in [0.05, 0.1) is 4.90 Å². The maximum absolute atomic E-state index is 11.7. The van der Waals surface area contributed by atoms with Crippen molar-refractivity contribution in [2.24, 2.45) is 5.73 Å². The number of halogens is 3. The Morgan fingerprint density at radius 3 is 2.31 bits per heavy atom. The number of hydrogen-bond donors (Lipinski definition) is 2. The normalized spacial score (nSPS) is 17.1. The molecule has 3 N–H and O–H groups in total. The highest BCUT2D eigenvalue weighted by molar-refractivity contribution is 7.90. The lowest BCUT2D eigenvalue weighted by Crippen LogP contribution is -2.50. The van der Waals surface area contributed by atoms with Crippen LogP contribution in [0.3, 0.4) is 0 Å². The highest BCUT2D eigenvalue weighted by Gasteiger charge is 2.30. The lowest BCUT2D eigenvalue weighted by Gasteiger charge is -2.33. The van der Waals surface area contributed by atoms with Crippen molar-refractivity contribution in [2.45, 2.75) is 27.1 Å². The fourth-order valence-electron chi connectivity index (χ4n) is 2.77. The topological polar surface area (TPSA) is 120 Å². The van der Waals surface area contributed by atoms with Gasteiger partial charge in [-0.25, -0.2) is 13.4 Å². The van der Waals surface area contributed by atoms with Gasteiger partial charge in [-0.15, -0.1) is 0 Å². The van der Waals surface area contributed by atoms with Crippen molar-refractivity contribution in [2.75, 3.05) is 31.3 Å². The highest BCUT2D eigenvalue weighted by Crippen LogP contribution is 2.37. The number of anilines is 1. The Labute approximate surface area is 184 Å². The number of nitrogens with two attached hydrogens (primary N) is 1. The molecular weight excluding hydrogens is 461 g/mol. The predicted molar refractivity (Wildman–Crippen MR) is 113 cm³/mol. The zero-order chi connectivity index (χ0) is 21.3. The molecule has 1 fully saturated rings. The number of benzene rings is 1. The molecule has 1 aliphatic heterocycles. The van der Waals surface area contributed by atoms with Gasteiger partial charge in [-0.2, -0.15) is 9.97 Å². The van der Waals surface area contributed by atoms with Gasteiger partial charge >= 0.3 is 0 Å². The average molecular weight is 481 g/mol. The second-order valence-electron chi connectivity index (χ2n) is 6.93. The summed E-state index contributed by atoms with van der Waals surface area (Å²) in [6.07, 6.45) is 2.53. The largest absolute Gasteiger partial charge is 0.381 e. The van der Waals surface area contributed by atoms with Crippen LogP contribution in [0.25, 0.3) is 11.4 Å². The van der Waals surface area contributed by atoms with E-state index in [0.717, 1.165) is 6.26 Å². The Morgan fingerprint density at radius 2 is 1.76 bits per heavy atom. The third kappa shape index (κ3) is 5.90. The van der Waals surface area contributed by atoms with E-state index in [0.29, 0.717) is 38.2 Å². The number of aromatic nitrogens is 3. The lowest BCUT2D eigenvalue weighted by molar-refractivity contribution is 0.0574. The molecule has 0 unspecified atom stereocenters. The quantitative estimate of drug-likeness (QED) is 0.627. The molecule has 8 nitrogen and oxygen atoms in total. The van der Waals surface area contributed by atoms with Crippen LogP contribution in [-0.4, -0.2) is 54.9 Å². The van der Waals surface area contributed by atoms with Crippen LogP contribution in [0.15, 0.2) is 29.2 Å². The van der Waals surface area contributed by atoms with E-state index in [1.807, 2.05) is 0 Å². The van der Waals surface area contributed by atoms with Gasteiger partial charge in [-0.05, 0) is 37.1 Å². The van der Waals surface area contributed by atoms with Crippen LogP contribution in [0.5, 0.6) is 0 Å². The zero-order valence-corrected chi connectivity index (χ0v) is 18.6. The smallest absolute Gasteiger partial charge is 0.250 e. The summed E-state index contributed by atoms with van der Waals surface area (Å²) in [7, 11) is -3.32. The van der Waals surface area contributed by atoms with Gasteiger partial charge in [0, 0.05) is 37.1 Å². The number of nitrogens with one attached hydrogen (secondary N) is 1. The molecule has 12 heteroatoms. The lowest BCUT2D eigenvalue weighted by atomic mass is 9.91. The standard InChI is InChI=1S/C17H20Cl3N5O3S/c1-29(26,27)12-4-2-11(3-5-12)13-23-14(17(18,19)20)25-15(24-13)22-10-16(21)6-8-28-9-7-16/h2-5H,6-10,21H2,1H3,(H,22,23,24,25). The van der Waals surface area contributed by atoms with Gasteiger partial charge in [-0.3, -0.25) is 0 Å². The van der Waals surface area contributed by atoms with Crippen molar-refractivity contribution in [3.63, 3.8) is 0 Å². The summed E-state index contributed by atoms with van der Waals surface area (Å²) < 4.78 is 26.8. The first-order chi connectivity index (χ1) is 13.5. The van der Waals surface area contributed by atoms with Crippen molar-refractivity contribution in [3.8, 4) is 11.4 Å². The SMILES string of the molecule is CS(=O)(=O)c1ccc(-c2nc(NCC3(N)CCOCC3)nc(C(Cl)(Cl)Cl)n2)cc1. The van der Waals surface area contributed by atoms with Crippen molar-refractivity contribution in [1.29, 1.82) is 0 Å². The minimum Gasteiger partial charge on any atom is -0.381 e. The van der Waals surface area contributed by atoms with E-state index in [4.69, 9.17) is 45.3 Å². The van der Waals surface area contributed by atoms with Crippen molar-refractivity contribution < 1.29 is 13.2 Å². The molecule has 0 bridgehead atoms. The summed E-state index contributed by atoms with van der Waals surface area (Å²) in [5.74, 6) is 0.391. The van der Waals surface area contributed by atoms with Crippen molar-refractivity contribution >= 4 is 50.6 Å². The molecule has 0 atom stereocenters. The first-order valence-electron chi connectivity index (χ1n) is 8.71. The van der Waals surface area contributed by atoms with Crippen molar-refractivity contribution in [1.82, 2.24) is 15.0 Å². The zero-order valence-electron chi connectivity index (χ0n) is 15.5. The molecule has 0 aliphatic carbocycles. The Kier molecular flexibility index (Phi) is 6.57. The van der Waals surface area contributed by atoms with Gasteiger partial charge in [0.2, 0.25) is 9.74 Å². The molecule has 29 heavy (non-hydrogen) atoms. The third-order valence-corrected chi connectivity index (χ3v) is 6.15. The summed E-state index contributed by atoms with van der Waals surface area (Å²) in [5.41, 5.74) is 6.48. The van der Waals surface area contributed by atoms with E-state index in [1.165, 1.54) is 12.1 Å². The van der Waals surface area contributed by atoms with Crippen molar-refractivity contribution in [3.05, 3.63) is 30.1 Å². The summed E-state index contributed by atoms with van der Waals surface area (Å²) in [6, 6.07) is 6.10. The van der Waals surface area contributed by atoms with Crippen LogP contribution in [0.2, 0.25) is 0 Å². The Bertz CT molecular complexity index is 975. The van der Waals surface area contributed by atoms with E-state index in [2.05, 4.69) is 20.3 Å². The second kappa shape index (κ2) is 8.49. The van der Waals surface area contributed by atoms with Gasteiger partial charge in [0.1, 0.15) is 0 Å².